The number of hydrogen-bond acceptors (Lipinski definition) is 3. The number of amides is 2. The molecule has 1 heterocycles. The molecule has 1 fully saturated rings. The van der Waals surface area contributed by atoms with Gasteiger partial charge in [0.1, 0.15) is 0 Å². The van der Waals surface area contributed by atoms with E-state index in [1.807, 2.05) is 37.3 Å². The van der Waals surface area contributed by atoms with Crippen LogP contribution in [0.4, 0.5) is 0 Å². The molecule has 1 unspecified atom stereocenters. The Balaban J connectivity index is 1.79. The normalized spacial score (nSPS) is 17.4. The third-order valence-electron chi connectivity index (χ3n) is 3.71. The molecule has 1 aliphatic rings. The first-order valence-electron chi connectivity index (χ1n) is 7.65. The van der Waals surface area contributed by atoms with Gasteiger partial charge in [-0.2, -0.15) is 0 Å². The van der Waals surface area contributed by atoms with Crippen LogP contribution < -0.4 is 0 Å². The number of carbonyl (C=O) groups excluding carboxylic acids is 2. The van der Waals surface area contributed by atoms with E-state index in [1.165, 1.54) is 4.90 Å². The summed E-state index contributed by atoms with van der Waals surface area (Å²) in [6.45, 7) is 2.93. The molecule has 0 N–H and O–H groups in total. The van der Waals surface area contributed by atoms with Gasteiger partial charge in [-0.05, 0) is 25.3 Å². The molecule has 0 bridgehead atoms. The number of carbonyl (C=O) groups is 2. The first-order valence-corrected chi connectivity index (χ1v) is 7.65. The molecule has 1 saturated heterocycles. The Hall–Kier alpha value is -1.68. The van der Waals surface area contributed by atoms with Crippen molar-refractivity contribution in [2.45, 2.75) is 51.7 Å². The average Bonchev–Trinajstić information content (AvgIpc) is 2.71. The van der Waals surface area contributed by atoms with Gasteiger partial charge in [0.25, 0.3) is 0 Å². The van der Waals surface area contributed by atoms with Crippen LogP contribution in [0.25, 0.3) is 0 Å². The van der Waals surface area contributed by atoms with Crippen molar-refractivity contribution in [3.05, 3.63) is 35.9 Å². The Labute approximate surface area is 126 Å². The molecule has 2 rings (SSSR count). The number of likely N-dealkylation sites (tertiary alicyclic amines) is 1. The fraction of sp³-hybridized carbons (Fsp3) is 0.529. The van der Waals surface area contributed by atoms with Crippen LogP contribution in [-0.4, -0.2) is 29.4 Å². The SMILES string of the molecule is CC(CC(=O)N1CCCCCC1=O)OCc1ccccc1. The van der Waals surface area contributed by atoms with Crippen molar-refractivity contribution < 1.29 is 14.3 Å². The number of rotatable bonds is 5. The van der Waals surface area contributed by atoms with Crippen molar-refractivity contribution in [3.63, 3.8) is 0 Å². The number of hydrogen-bond donors (Lipinski definition) is 0. The fourth-order valence-corrected chi connectivity index (χ4v) is 2.47. The van der Waals surface area contributed by atoms with Gasteiger partial charge in [-0.15, -0.1) is 0 Å². The van der Waals surface area contributed by atoms with E-state index in [2.05, 4.69) is 0 Å². The summed E-state index contributed by atoms with van der Waals surface area (Å²) in [6.07, 6.45) is 3.40. The van der Waals surface area contributed by atoms with Crippen LogP contribution >= 0.6 is 0 Å². The van der Waals surface area contributed by atoms with E-state index in [0.29, 0.717) is 19.6 Å². The molecule has 0 spiro atoms. The molecular weight excluding hydrogens is 266 g/mol. The monoisotopic (exact) mass is 289 g/mol. The van der Waals surface area contributed by atoms with Crippen LogP contribution in [0.1, 0.15) is 44.6 Å². The molecule has 0 aromatic heterocycles. The highest BCUT2D eigenvalue weighted by Gasteiger charge is 2.24. The van der Waals surface area contributed by atoms with E-state index in [4.69, 9.17) is 4.74 Å². The fourth-order valence-electron chi connectivity index (χ4n) is 2.47. The standard InChI is InChI=1S/C17H23NO3/c1-14(21-13-15-8-4-2-5-9-15)12-17(20)18-11-7-3-6-10-16(18)19/h2,4-5,8-9,14H,3,6-7,10-13H2,1H3. The highest BCUT2D eigenvalue weighted by molar-refractivity contribution is 5.95. The molecule has 0 radical (unpaired) electrons. The quantitative estimate of drug-likeness (QED) is 0.837. The maximum Gasteiger partial charge on any atom is 0.231 e. The first kappa shape index (κ1) is 15.7. The molecule has 1 aromatic carbocycles. The van der Waals surface area contributed by atoms with Crippen LogP contribution in [0.3, 0.4) is 0 Å². The third kappa shape index (κ3) is 4.97. The van der Waals surface area contributed by atoms with Crippen LogP contribution in [0.5, 0.6) is 0 Å². The second-order valence-electron chi connectivity index (χ2n) is 5.56. The van der Waals surface area contributed by atoms with E-state index in [1.54, 1.807) is 0 Å². The molecule has 0 aliphatic carbocycles. The minimum Gasteiger partial charge on any atom is -0.373 e. The molecule has 1 aliphatic heterocycles. The zero-order chi connectivity index (χ0) is 15.1. The van der Waals surface area contributed by atoms with E-state index >= 15 is 0 Å². The van der Waals surface area contributed by atoms with Crippen molar-refractivity contribution >= 4 is 11.8 Å². The number of nitrogens with zero attached hydrogens (tertiary/aromatic N) is 1. The summed E-state index contributed by atoms with van der Waals surface area (Å²) in [4.78, 5) is 25.5. The lowest BCUT2D eigenvalue weighted by atomic mass is 10.2. The topological polar surface area (TPSA) is 46.6 Å². The van der Waals surface area contributed by atoms with Gasteiger partial charge >= 0.3 is 0 Å². The number of ether oxygens (including phenoxy) is 1. The zero-order valence-corrected chi connectivity index (χ0v) is 12.6. The number of benzene rings is 1. The molecule has 0 saturated carbocycles. The van der Waals surface area contributed by atoms with E-state index in [0.717, 1.165) is 24.8 Å². The van der Waals surface area contributed by atoms with Gasteiger partial charge in [0, 0.05) is 13.0 Å². The van der Waals surface area contributed by atoms with E-state index < -0.39 is 0 Å². The van der Waals surface area contributed by atoms with Gasteiger partial charge in [-0.1, -0.05) is 36.8 Å². The second kappa shape index (κ2) is 7.93. The Morgan fingerprint density at radius 3 is 2.76 bits per heavy atom. The summed E-state index contributed by atoms with van der Waals surface area (Å²) in [7, 11) is 0. The molecule has 1 aromatic rings. The highest BCUT2D eigenvalue weighted by atomic mass is 16.5. The van der Waals surface area contributed by atoms with Gasteiger partial charge in [-0.25, -0.2) is 0 Å². The minimum atomic E-state index is -0.186. The first-order chi connectivity index (χ1) is 10.2. The van der Waals surface area contributed by atoms with Crippen molar-refractivity contribution in [2.75, 3.05) is 6.54 Å². The van der Waals surface area contributed by atoms with Crippen molar-refractivity contribution in [1.29, 1.82) is 0 Å². The van der Waals surface area contributed by atoms with Crippen LogP contribution in [0.15, 0.2) is 30.3 Å². The lowest BCUT2D eigenvalue weighted by Gasteiger charge is -2.21. The van der Waals surface area contributed by atoms with Crippen molar-refractivity contribution in [2.24, 2.45) is 0 Å². The summed E-state index contributed by atoms with van der Waals surface area (Å²) in [5, 5.41) is 0. The zero-order valence-electron chi connectivity index (χ0n) is 12.6. The molecule has 1 atom stereocenters. The highest BCUT2D eigenvalue weighted by Crippen LogP contribution is 2.14. The third-order valence-corrected chi connectivity index (χ3v) is 3.71. The summed E-state index contributed by atoms with van der Waals surface area (Å²) >= 11 is 0. The van der Waals surface area contributed by atoms with Crippen LogP contribution in [0, 0.1) is 0 Å². The molecule has 114 valence electrons. The predicted octanol–water partition coefficient (Wildman–Crippen LogP) is 2.91. The Morgan fingerprint density at radius 1 is 1.24 bits per heavy atom. The van der Waals surface area contributed by atoms with Gasteiger partial charge in [-0.3, -0.25) is 14.5 Å². The summed E-state index contributed by atoms with van der Waals surface area (Å²) in [6, 6.07) is 9.87. The van der Waals surface area contributed by atoms with E-state index in [9.17, 15) is 9.59 Å². The van der Waals surface area contributed by atoms with Gasteiger partial charge in [0.05, 0.1) is 19.1 Å². The molecule has 2 amide bonds. The van der Waals surface area contributed by atoms with E-state index in [-0.39, 0.29) is 24.3 Å². The molecule has 21 heavy (non-hydrogen) atoms. The van der Waals surface area contributed by atoms with Crippen molar-refractivity contribution in [3.8, 4) is 0 Å². The molecular formula is C17H23NO3. The molecule has 4 heteroatoms. The predicted molar refractivity (Wildman–Crippen MR) is 80.5 cm³/mol. The Morgan fingerprint density at radius 2 is 2.00 bits per heavy atom. The van der Waals surface area contributed by atoms with Gasteiger partial charge in [0.2, 0.25) is 11.8 Å². The second-order valence-corrected chi connectivity index (χ2v) is 5.56. The molecule has 4 nitrogen and oxygen atoms in total. The summed E-state index contributed by atoms with van der Waals surface area (Å²) in [5.74, 6) is -0.143. The largest absolute Gasteiger partial charge is 0.373 e. The minimum absolute atomic E-state index is 0.0345. The van der Waals surface area contributed by atoms with Gasteiger partial charge in [0.15, 0.2) is 0 Å². The summed E-state index contributed by atoms with van der Waals surface area (Å²) < 4.78 is 5.70. The summed E-state index contributed by atoms with van der Waals surface area (Å²) in [5.41, 5.74) is 1.09. The van der Waals surface area contributed by atoms with Crippen LogP contribution in [0.2, 0.25) is 0 Å². The number of imide groups is 1. The van der Waals surface area contributed by atoms with Gasteiger partial charge < -0.3 is 4.74 Å². The lowest BCUT2D eigenvalue weighted by Crippen LogP contribution is -2.38. The van der Waals surface area contributed by atoms with Crippen molar-refractivity contribution in [1.82, 2.24) is 4.90 Å². The average molecular weight is 289 g/mol. The maximum absolute atomic E-state index is 12.2. The van der Waals surface area contributed by atoms with Crippen LogP contribution in [-0.2, 0) is 20.9 Å². The Bertz CT molecular complexity index is 472. The Kier molecular flexibility index (Phi) is 5.93. The smallest absolute Gasteiger partial charge is 0.231 e. The lowest BCUT2D eigenvalue weighted by molar-refractivity contribution is -0.146. The maximum atomic E-state index is 12.2.